The highest BCUT2D eigenvalue weighted by molar-refractivity contribution is 6.31. The summed E-state index contributed by atoms with van der Waals surface area (Å²) in [5.41, 5.74) is 5.74. The Morgan fingerprint density at radius 1 is 1.29 bits per heavy atom. The van der Waals surface area contributed by atoms with Crippen LogP contribution in [-0.2, 0) is 11.3 Å². The molecule has 0 aliphatic rings. The molecule has 0 aromatic heterocycles. The molecule has 0 saturated heterocycles. The van der Waals surface area contributed by atoms with Gasteiger partial charge in [-0.25, -0.2) is 0 Å². The molecule has 1 aromatic carbocycles. The third-order valence-electron chi connectivity index (χ3n) is 2.41. The van der Waals surface area contributed by atoms with Crippen molar-refractivity contribution in [1.29, 1.82) is 0 Å². The van der Waals surface area contributed by atoms with Gasteiger partial charge in [0, 0.05) is 10.6 Å². The summed E-state index contributed by atoms with van der Waals surface area (Å²) in [4.78, 5) is 0. The molecule has 0 spiro atoms. The van der Waals surface area contributed by atoms with Crippen molar-refractivity contribution in [1.82, 2.24) is 0 Å². The number of nitrogens with zero attached hydrogens (tertiary/aromatic N) is 1. The second-order valence-electron chi connectivity index (χ2n) is 3.99. The molecule has 0 bridgehead atoms. The Kier molecular flexibility index (Phi) is 5.35. The molecule has 1 rings (SSSR count). The summed E-state index contributed by atoms with van der Waals surface area (Å²) in [6.45, 7) is -2.35. The van der Waals surface area contributed by atoms with E-state index in [0.717, 1.165) is 0 Å². The summed E-state index contributed by atoms with van der Waals surface area (Å²) in [7, 11) is 0. The van der Waals surface area contributed by atoms with Crippen molar-refractivity contribution in [2.45, 2.75) is 18.7 Å². The van der Waals surface area contributed by atoms with E-state index in [2.05, 4.69) is 9.89 Å². The Morgan fingerprint density at radius 2 is 1.90 bits per heavy atom. The largest absolute Gasteiger partial charge is 0.455 e. The van der Waals surface area contributed by atoms with Gasteiger partial charge in [0.25, 0.3) is 0 Å². The third kappa shape index (κ3) is 4.43. The maximum Gasteiger partial charge on any atom is 0.455 e. The molecule has 0 unspecified atom stereocenters. The molecule has 0 heterocycles. The van der Waals surface area contributed by atoms with Crippen LogP contribution in [0.4, 0.5) is 22.0 Å². The molecule has 10 heteroatoms. The van der Waals surface area contributed by atoms with E-state index < -0.39 is 25.3 Å². The van der Waals surface area contributed by atoms with E-state index in [4.69, 9.17) is 22.5 Å². The van der Waals surface area contributed by atoms with Crippen LogP contribution in [0.2, 0.25) is 5.02 Å². The molecule has 0 saturated carbocycles. The number of amidine groups is 1. The Morgan fingerprint density at radius 3 is 2.38 bits per heavy atom. The number of oxime groups is 1. The Bertz CT molecular complexity index is 534. The highest BCUT2D eigenvalue weighted by Gasteiger charge is 2.57. The number of ether oxygens (including phenoxy) is 1. The van der Waals surface area contributed by atoms with E-state index >= 15 is 0 Å². The number of halogens is 6. The topological polar surface area (TPSA) is 67.8 Å². The number of hydrogen-bond donors (Lipinski definition) is 2. The average molecular weight is 333 g/mol. The standard InChI is InChI=1S/C11H10ClF5N2O2/c12-8-3-6(9(18)19-20)1-2-7(8)4-21-5-10(13,14)11(15,16)17/h1-3,20H,4-5H2,(H2,18,19). The normalized spacial score (nSPS) is 13.5. The van der Waals surface area contributed by atoms with Gasteiger partial charge in [-0.05, 0) is 11.6 Å². The molecule has 3 N–H and O–H groups in total. The molecule has 0 aliphatic carbocycles. The zero-order valence-electron chi connectivity index (χ0n) is 10.3. The zero-order chi connectivity index (χ0) is 16.3. The van der Waals surface area contributed by atoms with E-state index in [9.17, 15) is 22.0 Å². The SMILES string of the molecule is N/C(=N/O)c1ccc(COCC(F)(F)C(F)(F)F)c(Cl)c1. The van der Waals surface area contributed by atoms with Crippen LogP contribution >= 0.6 is 11.6 Å². The van der Waals surface area contributed by atoms with E-state index in [-0.39, 0.29) is 22.0 Å². The second-order valence-corrected chi connectivity index (χ2v) is 4.39. The van der Waals surface area contributed by atoms with E-state index in [0.29, 0.717) is 0 Å². The lowest BCUT2D eigenvalue weighted by Crippen LogP contribution is -2.40. The lowest BCUT2D eigenvalue weighted by molar-refractivity contribution is -0.297. The van der Waals surface area contributed by atoms with Crippen LogP contribution in [0.15, 0.2) is 23.4 Å². The first-order valence-electron chi connectivity index (χ1n) is 5.37. The van der Waals surface area contributed by atoms with E-state index in [1.165, 1.54) is 18.2 Å². The highest BCUT2D eigenvalue weighted by Crippen LogP contribution is 2.35. The zero-order valence-corrected chi connectivity index (χ0v) is 11.1. The van der Waals surface area contributed by atoms with Crippen LogP contribution in [0.3, 0.4) is 0 Å². The lowest BCUT2D eigenvalue weighted by Gasteiger charge is -2.19. The fourth-order valence-electron chi connectivity index (χ4n) is 1.25. The van der Waals surface area contributed by atoms with Gasteiger partial charge in [-0.15, -0.1) is 0 Å². The predicted octanol–water partition coefficient (Wildman–Crippen LogP) is 3.15. The van der Waals surface area contributed by atoms with Gasteiger partial charge in [0.2, 0.25) is 0 Å². The van der Waals surface area contributed by atoms with Gasteiger partial charge in [0.1, 0.15) is 6.61 Å². The number of rotatable bonds is 5. The van der Waals surface area contributed by atoms with Crippen LogP contribution in [0.5, 0.6) is 0 Å². The van der Waals surface area contributed by atoms with Gasteiger partial charge in [-0.3, -0.25) is 0 Å². The molecule has 0 radical (unpaired) electrons. The summed E-state index contributed by atoms with van der Waals surface area (Å²) >= 11 is 5.79. The van der Waals surface area contributed by atoms with Gasteiger partial charge in [0.05, 0.1) is 6.61 Å². The van der Waals surface area contributed by atoms with Crippen molar-refractivity contribution in [2.24, 2.45) is 10.9 Å². The monoisotopic (exact) mass is 332 g/mol. The van der Waals surface area contributed by atoms with Crippen LogP contribution in [0.25, 0.3) is 0 Å². The number of hydrogen-bond acceptors (Lipinski definition) is 3. The van der Waals surface area contributed by atoms with Crippen molar-refractivity contribution in [3.8, 4) is 0 Å². The number of nitrogens with two attached hydrogens (primary N) is 1. The minimum absolute atomic E-state index is 0.0226. The van der Waals surface area contributed by atoms with Gasteiger partial charge in [-0.1, -0.05) is 28.9 Å². The smallest absolute Gasteiger partial charge is 0.409 e. The van der Waals surface area contributed by atoms with Crippen LogP contribution in [-0.4, -0.2) is 29.7 Å². The fraction of sp³-hybridized carbons (Fsp3) is 0.364. The summed E-state index contributed by atoms with van der Waals surface area (Å²) in [6.07, 6.45) is -5.67. The summed E-state index contributed by atoms with van der Waals surface area (Å²) < 4.78 is 65.3. The minimum Gasteiger partial charge on any atom is -0.409 e. The molecular formula is C11H10ClF5N2O2. The molecule has 4 nitrogen and oxygen atoms in total. The number of benzene rings is 1. The second kappa shape index (κ2) is 6.44. The molecular weight excluding hydrogens is 323 g/mol. The van der Waals surface area contributed by atoms with E-state index in [1.807, 2.05) is 0 Å². The molecule has 1 aromatic rings. The Labute approximate surface area is 120 Å². The fourth-order valence-corrected chi connectivity index (χ4v) is 1.49. The Hall–Kier alpha value is -1.61. The van der Waals surface area contributed by atoms with Crippen molar-refractivity contribution in [2.75, 3.05) is 6.61 Å². The van der Waals surface area contributed by atoms with Gasteiger partial charge in [0.15, 0.2) is 5.84 Å². The van der Waals surface area contributed by atoms with Crippen molar-refractivity contribution >= 4 is 17.4 Å². The van der Waals surface area contributed by atoms with Crippen LogP contribution in [0, 0.1) is 0 Å². The molecule has 0 amide bonds. The lowest BCUT2D eigenvalue weighted by atomic mass is 10.1. The first kappa shape index (κ1) is 17.4. The Balaban J connectivity index is 2.69. The molecule has 0 aliphatic heterocycles. The van der Waals surface area contributed by atoms with Crippen molar-refractivity contribution in [3.63, 3.8) is 0 Å². The minimum atomic E-state index is -5.67. The molecule has 0 atom stereocenters. The maximum atomic E-state index is 12.6. The molecule has 21 heavy (non-hydrogen) atoms. The number of alkyl halides is 5. The first-order chi connectivity index (χ1) is 9.58. The summed E-state index contributed by atoms with van der Waals surface area (Å²) in [6, 6.07) is 3.92. The van der Waals surface area contributed by atoms with Gasteiger partial charge >= 0.3 is 12.1 Å². The third-order valence-corrected chi connectivity index (χ3v) is 2.76. The van der Waals surface area contributed by atoms with Gasteiger partial charge < -0.3 is 15.7 Å². The maximum absolute atomic E-state index is 12.6. The van der Waals surface area contributed by atoms with Crippen LogP contribution in [0.1, 0.15) is 11.1 Å². The highest BCUT2D eigenvalue weighted by atomic mass is 35.5. The van der Waals surface area contributed by atoms with Crippen molar-refractivity contribution in [3.05, 3.63) is 34.3 Å². The summed E-state index contributed by atoms with van der Waals surface area (Å²) in [5, 5.41) is 11.2. The summed E-state index contributed by atoms with van der Waals surface area (Å²) in [5.74, 6) is -5.17. The predicted molar refractivity (Wildman–Crippen MR) is 64.6 cm³/mol. The van der Waals surface area contributed by atoms with Crippen molar-refractivity contribution < 1.29 is 31.9 Å². The van der Waals surface area contributed by atoms with E-state index in [1.54, 1.807) is 0 Å². The first-order valence-corrected chi connectivity index (χ1v) is 5.75. The van der Waals surface area contributed by atoms with Crippen LogP contribution < -0.4 is 5.73 Å². The van der Waals surface area contributed by atoms with Gasteiger partial charge in [-0.2, -0.15) is 22.0 Å². The molecule has 0 fully saturated rings. The molecule has 118 valence electrons. The quantitative estimate of drug-likeness (QED) is 0.286. The average Bonchev–Trinajstić information content (AvgIpc) is 2.38.